The molecule has 0 bridgehead atoms. The van der Waals surface area contributed by atoms with E-state index in [-0.39, 0.29) is 11.5 Å². The van der Waals surface area contributed by atoms with Crippen molar-refractivity contribution in [3.05, 3.63) is 40.0 Å². The van der Waals surface area contributed by atoms with Crippen LogP contribution in [0.15, 0.2) is 18.2 Å². The number of hydrogen-bond acceptors (Lipinski definition) is 3. The first kappa shape index (κ1) is 13.4. The summed E-state index contributed by atoms with van der Waals surface area (Å²) in [5.74, 6) is -1.34. The number of nitrogens with one attached hydrogen (secondary N) is 1. The summed E-state index contributed by atoms with van der Waals surface area (Å²) >= 11 is 1.26. The highest BCUT2D eigenvalue weighted by molar-refractivity contribution is 7.16. The maximum absolute atomic E-state index is 12.1. The molecule has 2 rings (SSSR count). The van der Waals surface area contributed by atoms with E-state index in [0.717, 1.165) is 10.6 Å². The van der Waals surface area contributed by atoms with Crippen LogP contribution in [0.4, 0.5) is 5.00 Å². The number of carboxylic acid groups (broad SMARTS) is 1. The zero-order valence-electron chi connectivity index (χ0n) is 10.9. The normalized spacial score (nSPS) is 10.5. The van der Waals surface area contributed by atoms with Crippen molar-refractivity contribution < 1.29 is 14.7 Å². The second-order valence-corrected chi connectivity index (χ2v) is 5.53. The fraction of sp³-hybridized carbons (Fsp3) is 0.231. The molecule has 0 fully saturated rings. The van der Waals surface area contributed by atoms with Gasteiger partial charge < -0.3 is 15.0 Å². The Hall–Kier alpha value is -2.08. The van der Waals surface area contributed by atoms with Gasteiger partial charge >= 0.3 is 5.97 Å². The third-order valence-electron chi connectivity index (χ3n) is 2.92. The average Bonchev–Trinajstić information content (AvgIpc) is 2.84. The molecule has 0 saturated heterocycles. The SMILES string of the molecule is Cc1cc(C(=O)O)c(NC(=O)c2ccc(C)n2C)s1. The molecule has 0 aliphatic heterocycles. The van der Waals surface area contributed by atoms with E-state index in [1.807, 2.05) is 13.0 Å². The maximum atomic E-state index is 12.1. The van der Waals surface area contributed by atoms with Crippen LogP contribution in [0.25, 0.3) is 0 Å². The van der Waals surface area contributed by atoms with Gasteiger partial charge in [0.05, 0.1) is 5.56 Å². The quantitative estimate of drug-likeness (QED) is 0.906. The van der Waals surface area contributed by atoms with E-state index in [9.17, 15) is 9.59 Å². The Bertz CT molecular complexity index is 655. The highest BCUT2D eigenvalue weighted by Crippen LogP contribution is 2.28. The fourth-order valence-electron chi connectivity index (χ4n) is 1.77. The number of aryl methyl sites for hydroxylation is 2. The van der Waals surface area contributed by atoms with Crippen molar-refractivity contribution in [2.24, 2.45) is 7.05 Å². The molecule has 5 nitrogen and oxygen atoms in total. The molecular formula is C13H14N2O3S. The predicted octanol–water partition coefficient (Wildman–Crippen LogP) is 2.65. The smallest absolute Gasteiger partial charge is 0.338 e. The zero-order chi connectivity index (χ0) is 14.2. The van der Waals surface area contributed by atoms with Gasteiger partial charge in [-0.25, -0.2) is 4.79 Å². The van der Waals surface area contributed by atoms with Gasteiger partial charge in [0.15, 0.2) is 0 Å². The molecule has 6 heteroatoms. The van der Waals surface area contributed by atoms with Gasteiger partial charge in [-0.3, -0.25) is 4.79 Å². The number of aromatic carboxylic acids is 1. The zero-order valence-corrected chi connectivity index (χ0v) is 11.7. The van der Waals surface area contributed by atoms with Gasteiger partial charge in [0.25, 0.3) is 5.91 Å². The van der Waals surface area contributed by atoms with E-state index >= 15 is 0 Å². The Morgan fingerprint density at radius 2 is 2.00 bits per heavy atom. The van der Waals surface area contributed by atoms with Gasteiger partial charge in [-0.15, -0.1) is 11.3 Å². The van der Waals surface area contributed by atoms with Crippen LogP contribution in [-0.2, 0) is 7.05 Å². The standard InChI is InChI=1S/C13H14N2O3S/c1-7-4-5-10(15(7)3)11(16)14-12-9(13(17)18)6-8(2)19-12/h4-6H,1-3H3,(H,14,16)(H,17,18). The molecule has 2 aromatic heterocycles. The van der Waals surface area contributed by atoms with Crippen molar-refractivity contribution >= 4 is 28.2 Å². The van der Waals surface area contributed by atoms with E-state index in [4.69, 9.17) is 5.11 Å². The molecule has 2 heterocycles. The van der Waals surface area contributed by atoms with Crippen LogP contribution in [0, 0.1) is 13.8 Å². The fourth-order valence-corrected chi connectivity index (χ4v) is 2.67. The van der Waals surface area contributed by atoms with Crippen LogP contribution in [0.1, 0.15) is 31.4 Å². The Morgan fingerprint density at radius 3 is 2.53 bits per heavy atom. The van der Waals surface area contributed by atoms with Crippen molar-refractivity contribution in [2.75, 3.05) is 5.32 Å². The summed E-state index contributed by atoms with van der Waals surface area (Å²) in [7, 11) is 1.79. The molecule has 0 spiro atoms. The van der Waals surface area contributed by atoms with Crippen LogP contribution in [0.2, 0.25) is 0 Å². The number of rotatable bonds is 3. The summed E-state index contributed by atoms with van der Waals surface area (Å²) in [4.78, 5) is 24.0. The van der Waals surface area contributed by atoms with Crippen LogP contribution in [0.3, 0.4) is 0 Å². The minimum absolute atomic E-state index is 0.127. The maximum Gasteiger partial charge on any atom is 0.338 e. The molecular weight excluding hydrogens is 264 g/mol. The third-order valence-corrected chi connectivity index (χ3v) is 3.88. The van der Waals surface area contributed by atoms with Crippen LogP contribution in [-0.4, -0.2) is 21.6 Å². The molecule has 0 unspecified atom stereocenters. The minimum atomic E-state index is -1.04. The lowest BCUT2D eigenvalue weighted by Gasteiger charge is -2.06. The van der Waals surface area contributed by atoms with Crippen molar-refractivity contribution in [1.29, 1.82) is 0 Å². The second kappa shape index (κ2) is 4.89. The minimum Gasteiger partial charge on any atom is -0.478 e. The number of amides is 1. The van der Waals surface area contributed by atoms with E-state index in [0.29, 0.717) is 10.7 Å². The Morgan fingerprint density at radius 1 is 1.32 bits per heavy atom. The molecule has 1 amide bonds. The summed E-state index contributed by atoms with van der Waals surface area (Å²) in [6.07, 6.45) is 0. The molecule has 0 aliphatic rings. The van der Waals surface area contributed by atoms with Gasteiger partial charge in [-0.05, 0) is 32.0 Å². The monoisotopic (exact) mass is 278 g/mol. The van der Waals surface area contributed by atoms with Gasteiger partial charge in [0, 0.05) is 17.6 Å². The molecule has 0 saturated carbocycles. The largest absolute Gasteiger partial charge is 0.478 e. The van der Waals surface area contributed by atoms with E-state index in [2.05, 4.69) is 5.32 Å². The molecule has 0 aliphatic carbocycles. The van der Waals surface area contributed by atoms with Crippen molar-refractivity contribution in [1.82, 2.24) is 4.57 Å². The number of carbonyl (C=O) groups excluding carboxylic acids is 1. The summed E-state index contributed by atoms with van der Waals surface area (Å²) in [6.45, 7) is 3.70. The number of thiophene rings is 1. The average molecular weight is 278 g/mol. The Labute approximate surface area is 114 Å². The summed E-state index contributed by atoms with van der Waals surface area (Å²) < 4.78 is 1.76. The number of hydrogen-bond donors (Lipinski definition) is 2. The summed E-state index contributed by atoms with van der Waals surface area (Å²) in [5, 5.41) is 12.1. The number of carbonyl (C=O) groups is 2. The van der Waals surface area contributed by atoms with Gasteiger partial charge in [0.2, 0.25) is 0 Å². The lowest BCUT2D eigenvalue weighted by atomic mass is 10.3. The van der Waals surface area contributed by atoms with Crippen LogP contribution >= 0.6 is 11.3 Å². The van der Waals surface area contributed by atoms with Crippen LogP contribution < -0.4 is 5.32 Å². The van der Waals surface area contributed by atoms with Gasteiger partial charge in [0.1, 0.15) is 10.7 Å². The van der Waals surface area contributed by atoms with Crippen molar-refractivity contribution in [3.8, 4) is 0 Å². The number of nitrogens with zero attached hydrogens (tertiary/aromatic N) is 1. The van der Waals surface area contributed by atoms with Crippen molar-refractivity contribution in [2.45, 2.75) is 13.8 Å². The molecule has 19 heavy (non-hydrogen) atoms. The van der Waals surface area contributed by atoms with E-state index < -0.39 is 5.97 Å². The van der Waals surface area contributed by atoms with Gasteiger partial charge in [-0.2, -0.15) is 0 Å². The summed E-state index contributed by atoms with van der Waals surface area (Å²) in [6, 6.07) is 5.11. The number of aromatic nitrogens is 1. The first-order chi connectivity index (χ1) is 8.90. The van der Waals surface area contributed by atoms with Gasteiger partial charge in [-0.1, -0.05) is 0 Å². The number of carboxylic acids is 1. The predicted molar refractivity (Wildman–Crippen MR) is 74.1 cm³/mol. The Kier molecular flexibility index (Phi) is 3.44. The molecule has 2 aromatic rings. The van der Waals surface area contributed by atoms with E-state index in [1.54, 1.807) is 30.7 Å². The molecule has 0 radical (unpaired) electrons. The van der Waals surface area contributed by atoms with E-state index in [1.165, 1.54) is 11.3 Å². The molecule has 2 N–H and O–H groups in total. The molecule has 0 atom stereocenters. The first-order valence-corrected chi connectivity index (χ1v) is 6.49. The second-order valence-electron chi connectivity index (χ2n) is 4.28. The topological polar surface area (TPSA) is 71.3 Å². The molecule has 0 aromatic carbocycles. The van der Waals surface area contributed by atoms with Crippen molar-refractivity contribution in [3.63, 3.8) is 0 Å². The van der Waals surface area contributed by atoms with Crippen LogP contribution in [0.5, 0.6) is 0 Å². The Balaban J connectivity index is 2.29. The highest BCUT2D eigenvalue weighted by atomic mass is 32.1. The lowest BCUT2D eigenvalue weighted by Crippen LogP contribution is -2.16. The third kappa shape index (κ3) is 2.53. The number of anilines is 1. The lowest BCUT2D eigenvalue weighted by molar-refractivity contribution is 0.0698. The first-order valence-electron chi connectivity index (χ1n) is 5.67. The summed E-state index contributed by atoms with van der Waals surface area (Å²) in [5.41, 5.74) is 1.59. The molecule has 100 valence electrons. The highest BCUT2D eigenvalue weighted by Gasteiger charge is 2.18.